The van der Waals surface area contributed by atoms with Gasteiger partial charge in [-0.1, -0.05) is 42.0 Å². The number of nitrogens with one attached hydrogen (secondary N) is 1. The molecule has 0 fully saturated rings. The number of amides is 1. The third kappa shape index (κ3) is 4.09. The largest absolute Gasteiger partial charge is 0.508 e. The second kappa shape index (κ2) is 7.09. The summed E-state index contributed by atoms with van der Waals surface area (Å²) in [6.07, 6.45) is 0. The molecule has 0 unspecified atom stereocenters. The van der Waals surface area contributed by atoms with E-state index in [-0.39, 0.29) is 17.7 Å². The highest BCUT2D eigenvalue weighted by Gasteiger charge is 2.22. The summed E-state index contributed by atoms with van der Waals surface area (Å²) >= 11 is 0. The number of likely N-dealkylation sites (N-methyl/N-ethyl adjacent to an activating group) is 1. The van der Waals surface area contributed by atoms with Gasteiger partial charge in [0.2, 0.25) is 5.91 Å². The molecule has 0 bridgehead atoms. The first kappa shape index (κ1) is 16.0. The topological polar surface area (TPSA) is 52.6 Å². The number of carbonyl (C=O) groups is 1. The molecule has 0 aliphatic rings. The van der Waals surface area contributed by atoms with Gasteiger partial charge in [-0.05, 0) is 44.3 Å². The van der Waals surface area contributed by atoms with Crippen molar-refractivity contribution in [2.24, 2.45) is 0 Å². The molecule has 0 aliphatic heterocycles. The number of aromatic hydroxyl groups is 1. The minimum Gasteiger partial charge on any atom is -0.508 e. The molecule has 1 amide bonds. The Morgan fingerprint density at radius 3 is 2.23 bits per heavy atom. The molecule has 0 heterocycles. The van der Waals surface area contributed by atoms with Crippen molar-refractivity contribution in [3.05, 3.63) is 65.2 Å². The van der Waals surface area contributed by atoms with Gasteiger partial charge in [-0.2, -0.15) is 0 Å². The minimum atomic E-state index is -0.322. The second-order valence-corrected chi connectivity index (χ2v) is 5.66. The zero-order valence-electron chi connectivity index (χ0n) is 13.2. The number of hydrogen-bond donors (Lipinski definition) is 2. The van der Waals surface area contributed by atoms with E-state index in [4.69, 9.17) is 0 Å². The number of benzene rings is 2. The van der Waals surface area contributed by atoms with Gasteiger partial charge in [0, 0.05) is 6.54 Å². The van der Waals surface area contributed by atoms with E-state index in [2.05, 4.69) is 5.32 Å². The summed E-state index contributed by atoms with van der Waals surface area (Å²) in [5, 5.41) is 12.2. The molecule has 0 saturated carbocycles. The molecule has 2 aromatic carbocycles. The average Bonchev–Trinajstić information content (AvgIpc) is 2.48. The minimum absolute atomic E-state index is 0.0399. The Morgan fingerprint density at radius 1 is 1.09 bits per heavy atom. The smallest absolute Gasteiger partial charge is 0.242 e. The fraction of sp³-hybridized carbons (Fsp3) is 0.278. The maximum atomic E-state index is 12.5. The van der Waals surface area contributed by atoms with E-state index < -0.39 is 0 Å². The van der Waals surface area contributed by atoms with Crippen molar-refractivity contribution in [1.82, 2.24) is 10.2 Å². The Kier molecular flexibility index (Phi) is 5.17. The lowest BCUT2D eigenvalue weighted by Gasteiger charge is -2.24. The molecule has 2 aromatic rings. The van der Waals surface area contributed by atoms with Crippen LogP contribution in [-0.4, -0.2) is 30.0 Å². The summed E-state index contributed by atoms with van der Waals surface area (Å²) in [4.78, 5) is 14.4. The van der Waals surface area contributed by atoms with E-state index in [9.17, 15) is 9.90 Å². The molecular formula is C18H22N2O2. The quantitative estimate of drug-likeness (QED) is 0.892. The Labute approximate surface area is 131 Å². The zero-order chi connectivity index (χ0) is 16.1. The van der Waals surface area contributed by atoms with Crippen molar-refractivity contribution in [3.63, 3.8) is 0 Å². The van der Waals surface area contributed by atoms with E-state index in [1.807, 2.05) is 50.2 Å². The zero-order valence-corrected chi connectivity index (χ0v) is 13.2. The van der Waals surface area contributed by atoms with Crippen LogP contribution in [0.4, 0.5) is 0 Å². The standard InChI is InChI=1S/C18H22N2O2/c1-13-4-8-15(9-5-13)17(20(2)3)18(22)19-12-14-6-10-16(21)11-7-14/h4-11,17,21H,12H2,1-3H3,(H,19,22)/t17-/m1/s1. The number of phenols is 1. The highest BCUT2D eigenvalue weighted by molar-refractivity contribution is 5.83. The summed E-state index contributed by atoms with van der Waals surface area (Å²) in [5.41, 5.74) is 3.09. The van der Waals surface area contributed by atoms with Crippen LogP contribution >= 0.6 is 0 Å². The summed E-state index contributed by atoms with van der Waals surface area (Å²) < 4.78 is 0. The third-order valence-electron chi connectivity index (χ3n) is 3.56. The molecule has 4 heteroatoms. The van der Waals surface area contributed by atoms with Crippen LogP contribution in [0.5, 0.6) is 5.75 Å². The number of carbonyl (C=O) groups excluding carboxylic acids is 1. The van der Waals surface area contributed by atoms with Crippen LogP contribution in [0, 0.1) is 6.92 Å². The van der Waals surface area contributed by atoms with E-state index in [0.717, 1.165) is 11.1 Å². The van der Waals surface area contributed by atoms with Crippen molar-refractivity contribution < 1.29 is 9.90 Å². The predicted octanol–water partition coefficient (Wildman–Crippen LogP) is 2.62. The Hall–Kier alpha value is -2.33. The lowest BCUT2D eigenvalue weighted by molar-refractivity contribution is -0.125. The number of rotatable bonds is 5. The van der Waals surface area contributed by atoms with Crippen molar-refractivity contribution in [3.8, 4) is 5.75 Å². The summed E-state index contributed by atoms with van der Waals surface area (Å²) in [5.74, 6) is 0.183. The van der Waals surface area contributed by atoms with Gasteiger partial charge in [-0.3, -0.25) is 9.69 Å². The molecule has 0 aromatic heterocycles. The molecule has 0 saturated heterocycles. The van der Waals surface area contributed by atoms with E-state index in [0.29, 0.717) is 6.54 Å². The van der Waals surface area contributed by atoms with Crippen LogP contribution in [-0.2, 0) is 11.3 Å². The molecule has 116 valence electrons. The van der Waals surface area contributed by atoms with Crippen LogP contribution in [0.25, 0.3) is 0 Å². The van der Waals surface area contributed by atoms with Gasteiger partial charge in [0.1, 0.15) is 11.8 Å². The molecule has 2 rings (SSSR count). The van der Waals surface area contributed by atoms with Crippen LogP contribution in [0.2, 0.25) is 0 Å². The van der Waals surface area contributed by atoms with E-state index in [1.54, 1.807) is 24.3 Å². The van der Waals surface area contributed by atoms with Crippen LogP contribution in [0.3, 0.4) is 0 Å². The number of nitrogens with zero attached hydrogens (tertiary/aromatic N) is 1. The lowest BCUT2D eigenvalue weighted by Crippen LogP contribution is -2.36. The molecule has 4 nitrogen and oxygen atoms in total. The second-order valence-electron chi connectivity index (χ2n) is 5.66. The number of hydrogen-bond acceptors (Lipinski definition) is 3. The summed E-state index contributed by atoms with van der Waals surface area (Å²) in [6.45, 7) is 2.47. The van der Waals surface area contributed by atoms with E-state index in [1.165, 1.54) is 5.56 Å². The van der Waals surface area contributed by atoms with Crippen molar-refractivity contribution in [1.29, 1.82) is 0 Å². The maximum Gasteiger partial charge on any atom is 0.242 e. The number of phenolic OH excluding ortho intramolecular Hbond substituents is 1. The van der Waals surface area contributed by atoms with Gasteiger partial charge in [-0.25, -0.2) is 0 Å². The van der Waals surface area contributed by atoms with Crippen molar-refractivity contribution >= 4 is 5.91 Å². The first-order valence-corrected chi connectivity index (χ1v) is 7.26. The van der Waals surface area contributed by atoms with Crippen LogP contribution in [0.1, 0.15) is 22.7 Å². The van der Waals surface area contributed by atoms with Crippen molar-refractivity contribution in [2.45, 2.75) is 19.5 Å². The fourth-order valence-corrected chi connectivity index (χ4v) is 2.33. The summed E-state index contributed by atoms with van der Waals surface area (Å²) in [7, 11) is 3.79. The molecule has 0 spiro atoms. The number of aryl methyl sites for hydroxylation is 1. The lowest BCUT2D eigenvalue weighted by atomic mass is 10.0. The van der Waals surface area contributed by atoms with Crippen LogP contribution < -0.4 is 5.32 Å². The Balaban J connectivity index is 2.06. The molecule has 2 N–H and O–H groups in total. The highest BCUT2D eigenvalue weighted by atomic mass is 16.3. The SMILES string of the molecule is Cc1ccc([C@H](C(=O)NCc2ccc(O)cc2)N(C)C)cc1. The highest BCUT2D eigenvalue weighted by Crippen LogP contribution is 2.19. The monoisotopic (exact) mass is 298 g/mol. The molecular weight excluding hydrogens is 276 g/mol. The maximum absolute atomic E-state index is 12.5. The van der Waals surface area contributed by atoms with Gasteiger partial charge in [0.05, 0.1) is 0 Å². The normalized spacial score (nSPS) is 12.2. The molecule has 0 aliphatic carbocycles. The predicted molar refractivity (Wildman–Crippen MR) is 87.6 cm³/mol. The van der Waals surface area contributed by atoms with Gasteiger partial charge in [0.15, 0.2) is 0 Å². The summed E-state index contributed by atoms with van der Waals surface area (Å²) in [6, 6.07) is 14.5. The molecule has 22 heavy (non-hydrogen) atoms. The fourth-order valence-electron chi connectivity index (χ4n) is 2.33. The van der Waals surface area contributed by atoms with Crippen molar-refractivity contribution in [2.75, 3.05) is 14.1 Å². The first-order chi connectivity index (χ1) is 10.5. The third-order valence-corrected chi connectivity index (χ3v) is 3.56. The molecule has 1 atom stereocenters. The average molecular weight is 298 g/mol. The van der Waals surface area contributed by atoms with Gasteiger partial charge in [-0.15, -0.1) is 0 Å². The van der Waals surface area contributed by atoms with Crippen LogP contribution in [0.15, 0.2) is 48.5 Å². The Morgan fingerprint density at radius 2 is 1.68 bits per heavy atom. The Bertz CT molecular complexity index is 619. The van der Waals surface area contributed by atoms with Gasteiger partial charge in [0.25, 0.3) is 0 Å². The first-order valence-electron chi connectivity index (χ1n) is 7.26. The van der Waals surface area contributed by atoms with Gasteiger partial charge < -0.3 is 10.4 Å². The van der Waals surface area contributed by atoms with E-state index >= 15 is 0 Å². The molecule has 0 radical (unpaired) electrons. The van der Waals surface area contributed by atoms with Gasteiger partial charge >= 0.3 is 0 Å².